The van der Waals surface area contributed by atoms with E-state index in [0.717, 1.165) is 25.7 Å². The summed E-state index contributed by atoms with van der Waals surface area (Å²) in [4.78, 5) is 12.5. The highest BCUT2D eigenvalue weighted by atomic mass is 35.5. The van der Waals surface area contributed by atoms with Crippen LogP contribution in [0.4, 0.5) is 0 Å². The summed E-state index contributed by atoms with van der Waals surface area (Å²) in [6.07, 6.45) is 3.65. The van der Waals surface area contributed by atoms with Crippen LogP contribution in [0.1, 0.15) is 36.0 Å². The molecule has 0 aliphatic carbocycles. The van der Waals surface area contributed by atoms with Crippen LogP contribution in [0.5, 0.6) is 0 Å². The van der Waals surface area contributed by atoms with Crippen molar-refractivity contribution in [2.24, 2.45) is 0 Å². The first kappa shape index (κ1) is 17.7. The van der Waals surface area contributed by atoms with Crippen molar-refractivity contribution in [3.05, 3.63) is 28.8 Å². The van der Waals surface area contributed by atoms with Crippen LogP contribution in [0.3, 0.4) is 0 Å². The second-order valence-electron chi connectivity index (χ2n) is 6.10. The van der Waals surface area contributed by atoms with Crippen LogP contribution < -0.4 is 5.32 Å². The summed E-state index contributed by atoms with van der Waals surface area (Å²) in [5.74, 6) is -0.381. The molecule has 3 rings (SSSR count). The molecule has 1 aromatic rings. The van der Waals surface area contributed by atoms with Gasteiger partial charge in [0.1, 0.15) is 0 Å². The van der Waals surface area contributed by atoms with E-state index in [0.29, 0.717) is 26.2 Å². The fourth-order valence-electron chi connectivity index (χ4n) is 3.02. The van der Waals surface area contributed by atoms with Crippen LogP contribution in [0.25, 0.3) is 0 Å². The number of halogens is 1. The minimum Gasteiger partial charge on any atom is -0.376 e. The van der Waals surface area contributed by atoms with Gasteiger partial charge in [0.25, 0.3) is 5.91 Å². The van der Waals surface area contributed by atoms with Gasteiger partial charge in [-0.15, -0.1) is 0 Å². The second-order valence-corrected chi connectivity index (χ2v) is 8.44. The maximum absolute atomic E-state index is 12.6. The number of carbonyl (C=O) groups is 1. The van der Waals surface area contributed by atoms with Gasteiger partial charge >= 0.3 is 0 Å². The predicted octanol–water partition coefficient (Wildman–Crippen LogP) is 2.03. The molecular formula is C16H21ClN2O4S. The Morgan fingerprint density at radius 3 is 2.71 bits per heavy atom. The van der Waals surface area contributed by atoms with Crippen molar-refractivity contribution in [1.82, 2.24) is 9.62 Å². The number of nitrogens with one attached hydrogen (secondary N) is 1. The Morgan fingerprint density at radius 1 is 1.29 bits per heavy atom. The summed E-state index contributed by atoms with van der Waals surface area (Å²) in [6, 6.07) is 4.28. The molecule has 1 atom stereocenters. The Labute approximate surface area is 147 Å². The van der Waals surface area contributed by atoms with Gasteiger partial charge < -0.3 is 10.1 Å². The number of hydrogen-bond donors (Lipinski definition) is 1. The van der Waals surface area contributed by atoms with Gasteiger partial charge in [-0.25, -0.2) is 8.42 Å². The Bertz CT molecular complexity index is 711. The third-order valence-electron chi connectivity index (χ3n) is 4.40. The van der Waals surface area contributed by atoms with Crippen molar-refractivity contribution in [3.63, 3.8) is 0 Å². The maximum atomic E-state index is 12.6. The van der Waals surface area contributed by atoms with Gasteiger partial charge in [-0.05, 0) is 43.9 Å². The van der Waals surface area contributed by atoms with Crippen LogP contribution in [0.2, 0.25) is 5.02 Å². The van der Waals surface area contributed by atoms with Crippen LogP contribution in [-0.4, -0.2) is 51.0 Å². The van der Waals surface area contributed by atoms with Gasteiger partial charge in [0.2, 0.25) is 10.0 Å². The van der Waals surface area contributed by atoms with Crippen molar-refractivity contribution in [2.45, 2.75) is 36.7 Å². The van der Waals surface area contributed by atoms with Crippen LogP contribution in [0, 0.1) is 0 Å². The summed E-state index contributed by atoms with van der Waals surface area (Å²) >= 11 is 6.10. The number of carbonyl (C=O) groups excluding carboxylic acids is 1. The number of rotatable bonds is 5. The number of ether oxygens (including phenoxy) is 1. The first-order valence-corrected chi connectivity index (χ1v) is 10.00. The highest BCUT2D eigenvalue weighted by Crippen LogP contribution is 2.25. The molecular weight excluding hydrogens is 352 g/mol. The topological polar surface area (TPSA) is 75.7 Å². The molecule has 0 bridgehead atoms. The molecule has 8 heteroatoms. The Kier molecular flexibility index (Phi) is 5.44. The third-order valence-corrected chi connectivity index (χ3v) is 6.62. The van der Waals surface area contributed by atoms with E-state index < -0.39 is 10.0 Å². The van der Waals surface area contributed by atoms with Gasteiger partial charge in [-0.2, -0.15) is 4.31 Å². The van der Waals surface area contributed by atoms with E-state index in [1.807, 2.05) is 0 Å². The van der Waals surface area contributed by atoms with Crippen molar-refractivity contribution >= 4 is 27.5 Å². The van der Waals surface area contributed by atoms with Crippen molar-refractivity contribution < 1.29 is 17.9 Å². The van der Waals surface area contributed by atoms with Crippen LogP contribution >= 0.6 is 11.6 Å². The van der Waals surface area contributed by atoms with E-state index >= 15 is 0 Å². The second kappa shape index (κ2) is 7.39. The molecule has 2 fully saturated rings. The first-order chi connectivity index (χ1) is 11.5. The fraction of sp³-hybridized carbons (Fsp3) is 0.562. The van der Waals surface area contributed by atoms with Crippen molar-refractivity contribution in [1.29, 1.82) is 0 Å². The van der Waals surface area contributed by atoms with Gasteiger partial charge in [0.05, 0.1) is 21.6 Å². The molecule has 132 valence electrons. The molecule has 2 saturated heterocycles. The zero-order valence-electron chi connectivity index (χ0n) is 13.3. The molecule has 0 radical (unpaired) electrons. The number of benzene rings is 1. The summed E-state index contributed by atoms with van der Waals surface area (Å²) in [5, 5.41) is 3.01. The average Bonchev–Trinajstić information content (AvgIpc) is 3.26. The minimum atomic E-state index is -3.57. The Morgan fingerprint density at radius 2 is 2.04 bits per heavy atom. The SMILES string of the molecule is O=C(NC[C@@H]1CCCO1)c1cc(S(=O)(=O)N2CCCC2)ccc1Cl. The van der Waals surface area contributed by atoms with E-state index in [1.54, 1.807) is 0 Å². The lowest BCUT2D eigenvalue weighted by Gasteiger charge is -2.17. The zero-order valence-corrected chi connectivity index (χ0v) is 14.9. The highest BCUT2D eigenvalue weighted by Gasteiger charge is 2.28. The Balaban J connectivity index is 1.76. The standard InChI is InChI=1S/C16H21ClN2O4S/c17-15-6-5-13(24(21,22)19-7-1-2-8-19)10-14(15)16(20)18-11-12-4-3-9-23-12/h5-6,10,12H,1-4,7-9,11H2,(H,18,20)/t12-/m0/s1. The molecule has 2 aliphatic heterocycles. The van der Waals surface area contributed by atoms with E-state index in [9.17, 15) is 13.2 Å². The summed E-state index contributed by atoms with van der Waals surface area (Å²) in [7, 11) is -3.57. The molecule has 1 amide bonds. The number of sulfonamides is 1. The average molecular weight is 373 g/mol. The molecule has 2 aliphatic rings. The molecule has 1 aromatic carbocycles. The maximum Gasteiger partial charge on any atom is 0.252 e. The summed E-state index contributed by atoms with van der Waals surface area (Å²) in [6.45, 7) is 2.15. The molecule has 0 spiro atoms. The van der Waals surface area contributed by atoms with Gasteiger partial charge in [-0.3, -0.25) is 4.79 Å². The smallest absolute Gasteiger partial charge is 0.252 e. The number of amides is 1. The minimum absolute atomic E-state index is 0.0178. The van der Waals surface area contributed by atoms with Gasteiger partial charge in [0, 0.05) is 26.2 Å². The van der Waals surface area contributed by atoms with E-state index in [-0.39, 0.29) is 27.5 Å². The first-order valence-electron chi connectivity index (χ1n) is 8.18. The lowest BCUT2D eigenvalue weighted by Crippen LogP contribution is -2.32. The molecule has 24 heavy (non-hydrogen) atoms. The van der Waals surface area contributed by atoms with E-state index in [4.69, 9.17) is 16.3 Å². The fourth-order valence-corrected chi connectivity index (χ4v) is 4.77. The quantitative estimate of drug-likeness (QED) is 0.858. The van der Waals surface area contributed by atoms with Crippen LogP contribution in [-0.2, 0) is 14.8 Å². The molecule has 0 unspecified atom stereocenters. The highest BCUT2D eigenvalue weighted by molar-refractivity contribution is 7.89. The molecule has 6 nitrogen and oxygen atoms in total. The van der Waals surface area contributed by atoms with E-state index in [2.05, 4.69) is 5.32 Å². The molecule has 0 aromatic heterocycles. The summed E-state index contributed by atoms with van der Waals surface area (Å²) in [5.41, 5.74) is 0.176. The lowest BCUT2D eigenvalue weighted by molar-refractivity contribution is 0.0857. The zero-order chi connectivity index (χ0) is 17.2. The largest absolute Gasteiger partial charge is 0.376 e. The van der Waals surface area contributed by atoms with Crippen molar-refractivity contribution in [3.8, 4) is 0 Å². The number of hydrogen-bond acceptors (Lipinski definition) is 4. The summed E-state index contributed by atoms with van der Waals surface area (Å²) < 4.78 is 32.2. The molecule has 2 heterocycles. The van der Waals surface area contributed by atoms with Crippen LogP contribution in [0.15, 0.2) is 23.1 Å². The monoisotopic (exact) mass is 372 g/mol. The number of nitrogens with zero attached hydrogens (tertiary/aromatic N) is 1. The van der Waals surface area contributed by atoms with Gasteiger partial charge in [0.15, 0.2) is 0 Å². The molecule has 0 saturated carbocycles. The predicted molar refractivity (Wildman–Crippen MR) is 90.8 cm³/mol. The van der Waals surface area contributed by atoms with Gasteiger partial charge in [-0.1, -0.05) is 11.6 Å². The van der Waals surface area contributed by atoms with Crippen molar-refractivity contribution in [2.75, 3.05) is 26.2 Å². The normalized spacial score (nSPS) is 22.0. The molecule has 1 N–H and O–H groups in total. The van der Waals surface area contributed by atoms with E-state index in [1.165, 1.54) is 22.5 Å². The Hall–Kier alpha value is -1.15. The third kappa shape index (κ3) is 3.74. The lowest BCUT2D eigenvalue weighted by atomic mass is 10.2.